The number of carbonyl (C=O) groups excluding carboxylic acids is 1. The SMILES string of the molecule is CCC(C)N(CCc1nc(-c2ccc(F)cc2)no1)C(=O)c1cccc([N+](=O)[O-])c1. The number of aromatic nitrogens is 2. The number of halogens is 1. The molecular formula is C21H21FN4O4. The zero-order valence-electron chi connectivity index (χ0n) is 16.6. The lowest BCUT2D eigenvalue weighted by molar-refractivity contribution is -0.384. The van der Waals surface area contributed by atoms with Gasteiger partial charge in [0.05, 0.1) is 4.92 Å². The summed E-state index contributed by atoms with van der Waals surface area (Å²) in [6.45, 7) is 4.17. The van der Waals surface area contributed by atoms with Crippen LogP contribution in [0.15, 0.2) is 53.1 Å². The summed E-state index contributed by atoms with van der Waals surface area (Å²) >= 11 is 0. The minimum atomic E-state index is -0.528. The topological polar surface area (TPSA) is 102 Å². The van der Waals surface area contributed by atoms with Crippen LogP contribution >= 0.6 is 0 Å². The van der Waals surface area contributed by atoms with Gasteiger partial charge in [0.1, 0.15) is 5.82 Å². The van der Waals surface area contributed by atoms with Gasteiger partial charge in [0.25, 0.3) is 11.6 Å². The Hall–Kier alpha value is -3.62. The average molecular weight is 412 g/mol. The van der Waals surface area contributed by atoms with Crippen LogP contribution in [0.25, 0.3) is 11.4 Å². The van der Waals surface area contributed by atoms with Crippen LogP contribution in [-0.2, 0) is 6.42 Å². The van der Waals surface area contributed by atoms with Crippen LogP contribution in [0, 0.1) is 15.9 Å². The van der Waals surface area contributed by atoms with Gasteiger partial charge in [-0.1, -0.05) is 18.1 Å². The third-order valence-electron chi connectivity index (χ3n) is 4.82. The Morgan fingerprint density at radius 1 is 1.27 bits per heavy atom. The average Bonchev–Trinajstić information content (AvgIpc) is 3.23. The maximum atomic E-state index is 13.1. The van der Waals surface area contributed by atoms with Gasteiger partial charge in [-0.15, -0.1) is 0 Å². The quantitative estimate of drug-likeness (QED) is 0.404. The van der Waals surface area contributed by atoms with E-state index in [1.807, 2.05) is 13.8 Å². The van der Waals surface area contributed by atoms with E-state index in [2.05, 4.69) is 10.1 Å². The zero-order valence-corrected chi connectivity index (χ0v) is 16.6. The molecule has 1 atom stereocenters. The Morgan fingerprint density at radius 2 is 2.00 bits per heavy atom. The molecule has 1 amide bonds. The molecule has 0 radical (unpaired) electrons. The molecule has 1 aromatic heterocycles. The third-order valence-corrected chi connectivity index (χ3v) is 4.82. The lowest BCUT2D eigenvalue weighted by Crippen LogP contribution is -2.39. The van der Waals surface area contributed by atoms with Crippen LogP contribution in [0.2, 0.25) is 0 Å². The summed E-state index contributed by atoms with van der Waals surface area (Å²) in [7, 11) is 0. The number of amides is 1. The highest BCUT2D eigenvalue weighted by Crippen LogP contribution is 2.19. The van der Waals surface area contributed by atoms with E-state index in [1.165, 1.54) is 30.3 Å². The second kappa shape index (κ2) is 9.25. The van der Waals surface area contributed by atoms with E-state index in [-0.39, 0.29) is 29.0 Å². The standard InChI is InChI=1S/C21H21FN4O4/c1-3-14(2)25(21(27)16-5-4-6-18(13-16)26(28)29)12-11-19-23-20(24-30-19)15-7-9-17(22)10-8-15/h4-10,13-14H,3,11-12H2,1-2H3. The van der Waals surface area contributed by atoms with Crippen molar-refractivity contribution in [3.8, 4) is 11.4 Å². The number of nitro groups is 1. The van der Waals surface area contributed by atoms with Crippen molar-refractivity contribution in [2.24, 2.45) is 0 Å². The number of non-ortho nitro benzene ring substituents is 1. The van der Waals surface area contributed by atoms with E-state index < -0.39 is 4.92 Å². The number of nitrogens with zero attached hydrogens (tertiary/aromatic N) is 4. The van der Waals surface area contributed by atoms with Gasteiger partial charge in [0.2, 0.25) is 11.7 Å². The van der Waals surface area contributed by atoms with Crippen molar-refractivity contribution >= 4 is 11.6 Å². The van der Waals surface area contributed by atoms with Crippen LogP contribution in [-0.4, -0.2) is 38.5 Å². The summed E-state index contributed by atoms with van der Waals surface area (Å²) < 4.78 is 18.3. The summed E-state index contributed by atoms with van der Waals surface area (Å²) in [5.74, 6) is 0.0252. The van der Waals surface area contributed by atoms with Gasteiger partial charge in [-0.25, -0.2) is 4.39 Å². The first kappa shape index (κ1) is 21.1. The van der Waals surface area contributed by atoms with Gasteiger partial charge >= 0.3 is 0 Å². The molecule has 1 heterocycles. The highest BCUT2D eigenvalue weighted by atomic mass is 19.1. The summed E-state index contributed by atoms with van der Waals surface area (Å²) in [5.41, 5.74) is 0.741. The molecule has 0 N–H and O–H groups in total. The Balaban J connectivity index is 1.74. The molecule has 0 aliphatic heterocycles. The largest absolute Gasteiger partial charge is 0.339 e. The second-order valence-corrected chi connectivity index (χ2v) is 6.83. The Kier molecular flexibility index (Phi) is 6.51. The van der Waals surface area contributed by atoms with E-state index in [9.17, 15) is 19.3 Å². The molecule has 3 rings (SSSR count). The van der Waals surface area contributed by atoms with E-state index in [0.717, 1.165) is 0 Å². The van der Waals surface area contributed by atoms with Gasteiger partial charge in [-0.05, 0) is 43.7 Å². The minimum absolute atomic E-state index is 0.0868. The number of nitro benzene ring substituents is 1. The predicted molar refractivity (Wildman–Crippen MR) is 107 cm³/mol. The van der Waals surface area contributed by atoms with Gasteiger partial charge in [0, 0.05) is 42.3 Å². The fourth-order valence-electron chi connectivity index (χ4n) is 2.95. The first-order chi connectivity index (χ1) is 14.4. The molecule has 1 unspecified atom stereocenters. The summed E-state index contributed by atoms with van der Waals surface area (Å²) in [6.07, 6.45) is 1.03. The first-order valence-corrected chi connectivity index (χ1v) is 9.53. The highest BCUT2D eigenvalue weighted by Gasteiger charge is 2.23. The fraction of sp³-hybridized carbons (Fsp3) is 0.286. The molecule has 0 saturated carbocycles. The predicted octanol–water partition coefficient (Wildman–Crippen LogP) is 4.27. The molecule has 0 fully saturated rings. The van der Waals surface area contributed by atoms with Crippen molar-refractivity contribution in [3.05, 3.63) is 75.9 Å². The van der Waals surface area contributed by atoms with Crippen molar-refractivity contribution in [1.82, 2.24) is 15.0 Å². The Bertz CT molecular complexity index is 1040. The molecular weight excluding hydrogens is 391 g/mol. The molecule has 9 heteroatoms. The van der Waals surface area contributed by atoms with Gasteiger partial charge in [-0.3, -0.25) is 14.9 Å². The smallest absolute Gasteiger partial charge is 0.270 e. The van der Waals surface area contributed by atoms with Crippen LogP contribution in [0.5, 0.6) is 0 Å². The minimum Gasteiger partial charge on any atom is -0.339 e. The van der Waals surface area contributed by atoms with Crippen molar-refractivity contribution in [2.75, 3.05) is 6.54 Å². The number of hydrogen-bond donors (Lipinski definition) is 0. The number of rotatable bonds is 8. The van der Waals surface area contributed by atoms with E-state index in [0.29, 0.717) is 36.7 Å². The number of benzene rings is 2. The Morgan fingerprint density at radius 3 is 2.67 bits per heavy atom. The molecule has 8 nitrogen and oxygen atoms in total. The molecule has 3 aromatic rings. The van der Waals surface area contributed by atoms with E-state index >= 15 is 0 Å². The van der Waals surface area contributed by atoms with Gasteiger partial charge in [-0.2, -0.15) is 4.98 Å². The summed E-state index contributed by atoms with van der Waals surface area (Å²) in [6, 6.07) is 11.3. The maximum absolute atomic E-state index is 13.1. The zero-order chi connectivity index (χ0) is 21.7. The van der Waals surface area contributed by atoms with Gasteiger partial charge < -0.3 is 9.42 Å². The number of hydrogen-bond acceptors (Lipinski definition) is 6. The molecule has 30 heavy (non-hydrogen) atoms. The van der Waals surface area contributed by atoms with Crippen molar-refractivity contribution < 1.29 is 18.6 Å². The second-order valence-electron chi connectivity index (χ2n) is 6.83. The molecule has 156 valence electrons. The van der Waals surface area contributed by atoms with E-state index in [1.54, 1.807) is 23.1 Å². The van der Waals surface area contributed by atoms with Crippen LogP contribution in [0.4, 0.5) is 10.1 Å². The Labute approximate surface area is 172 Å². The number of carbonyl (C=O) groups is 1. The molecule has 0 spiro atoms. The molecule has 2 aromatic carbocycles. The molecule has 0 aliphatic rings. The molecule has 0 bridgehead atoms. The van der Waals surface area contributed by atoms with Crippen LogP contribution < -0.4 is 0 Å². The lowest BCUT2D eigenvalue weighted by Gasteiger charge is -2.28. The first-order valence-electron chi connectivity index (χ1n) is 9.53. The maximum Gasteiger partial charge on any atom is 0.270 e. The monoisotopic (exact) mass is 412 g/mol. The summed E-state index contributed by atoms with van der Waals surface area (Å²) in [4.78, 5) is 29.4. The van der Waals surface area contributed by atoms with Crippen molar-refractivity contribution in [3.63, 3.8) is 0 Å². The summed E-state index contributed by atoms with van der Waals surface area (Å²) in [5, 5.41) is 14.9. The fourth-order valence-corrected chi connectivity index (χ4v) is 2.95. The van der Waals surface area contributed by atoms with Crippen LogP contribution in [0.1, 0.15) is 36.5 Å². The van der Waals surface area contributed by atoms with Crippen LogP contribution in [0.3, 0.4) is 0 Å². The van der Waals surface area contributed by atoms with E-state index in [4.69, 9.17) is 4.52 Å². The van der Waals surface area contributed by atoms with Crippen molar-refractivity contribution in [2.45, 2.75) is 32.7 Å². The normalized spacial score (nSPS) is 11.8. The molecule has 0 saturated heterocycles. The highest BCUT2D eigenvalue weighted by molar-refractivity contribution is 5.95. The third kappa shape index (κ3) is 4.86. The molecule has 0 aliphatic carbocycles. The van der Waals surface area contributed by atoms with Crippen molar-refractivity contribution in [1.29, 1.82) is 0 Å². The lowest BCUT2D eigenvalue weighted by atomic mass is 10.1. The van der Waals surface area contributed by atoms with Gasteiger partial charge in [0.15, 0.2) is 0 Å².